The molecule has 0 bridgehead atoms. The van der Waals surface area contributed by atoms with E-state index in [1.165, 1.54) is 6.20 Å². The fourth-order valence-electron chi connectivity index (χ4n) is 1.90. The average molecular weight is 287 g/mol. The largest absolute Gasteiger partial charge is 0.325 e. The summed E-state index contributed by atoms with van der Waals surface area (Å²) in [4.78, 5) is 38.8. The Bertz CT molecular complexity index is 744. The molecule has 1 unspecified atom stereocenters. The Kier molecular flexibility index (Phi) is 4.37. The van der Waals surface area contributed by atoms with Gasteiger partial charge in [0.05, 0.1) is 0 Å². The lowest BCUT2D eigenvalue weighted by atomic mass is 9.97. The minimum Gasteiger partial charge on any atom is -0.316 e. The van der Waals surface area contributed by atoms with Crippen LogP contribution in [0.5, 0.6) is 0 Å². The van der Waals surface area contributed by atoms with E-state index in [-0.39, 0.29) is 5.69 Å². The second-order valence-electron chi connectivity index (χ2n) is 4.87. The van der Waals surface area contributed by atoms with Crippen LogP contribution in [0.4, 0.5) is 5.69 Å². The highest BCUT2D eigenvalue weighted by Crippen LogP contribution is 2.19. The maximum absolute atomic E-state index is 12.0. The lowest BCUT2D eigenvalue weighted by Crippen LogP contribution is -2.26. The van der Waals surface area contributed by atoms with E-state index in [4.69, 9.17) is 0 Å². The molecule has 6 heteroatoms. The van der Waals surface area contributed by atoms with Crippen LogP contribution >= 0.6 is 0 Å². The van der Waals surface area contributed by atoms with E-state index in [0.29, 0.717) is 11.5 Å². The summed E-state index contributed by atoms with van der Waals surface area (Å²) in [7, 11) is 0. The van der Waals surface area contributed by atoms with E-state index in [9.17, 15) is 14.4 Å². The monoisotopic (exact) mass is 287 g/mol. The number of carbonyl (C=O) groups is 1. The third-order valence-corrected chi connectivity index (χ3v) is 3.42. The molecule has 3 N–H and O–H groups in total. The van der Waals surface area contributed by atoms with Gasteiger partial charge in [-0.1, -0.05) is 26.0 Å². The molecule has 21 heavy (non-hydrogen) atoms. The summed E-state index contributed by atoms with van der Waals surface area (Å²) in [5.41, 5.74) is 0.369. The smallest absolute Gasteiger partial charge is 0.316 e. The molecule has 0 aliphatic carbocycles. The van der Waals surface area contributed by atoms with E-state index < -0.39 is 17.2 Å². The number of carbonyl (C=O) groups excluding carboxylic acids is 1. The van der Waals surface area contributed by atoms with Gasteiger partial charge in [0.2, 0.25) is 0 Å². The van der Waals surface area contributed by atoms with Crippen LogP contribution in [0.2, 0.25) is 0 Å². The molecule has 1 aromatic carbocycles. The summed E-state index contributed by atoms with van der Waals surface area (Å²) in [6.07, 6.45) is 2.20. The molecule has 0 saturated heterocycles. The lowest BCUT2D eigenvalue weighted by molar-refractivity contribution is 0.102. The van der Waals surface area contributed by atoms with Crippen molar-refractivity contribution in [3.8, 4) is 0 Å². The molecule has 1 aromatic heterocycles. The van der Waals surface area contributed by atoms with E-state index in [2.05, 4.69) is 24.1 Å². The van der Waals surface area contributed by atoms with Crippen LogP contribution < -0.4 is 16.6 Å². The van der Waals surface area contributed by atoms with Crippen molar-refractivity contribution >= 4 is 11.6 Å². The Morgan fingerprint density at radius 3 is 2.48 bits per heavy atom. The number of hydrogen-bond donors (Lipinski definition) is 3. The second-order valence-corrected chi connectivity index (χ2v) is 4.87. The zero-order valence-corrected chi connectivity index (χ0v) is 11.9. The van der Waals surface area contributed by atoms with E-state index >= 15 is 0 Å². The summed E-state index contributed by atoms with van der Waals surface area (Å²) >= 11 is 0. The molecular formula is C15H17N3O3. The molecule has 0 aliphatic rings. The first kappa shape index (κ1) is 14.8. The van der Waals surface area contributed by atoms with Crippen LogP contribution in [-0.4, -0.2) is 15.9 Å². The van der Waals surface area contributed by atoms with Crippen molar-refractivity contribution in [2.24, 2.45) is 0 Å². The number of nitrogens with one attached hydrogen (secondary N) is 3. The SMILES string of the molecule is CCC(C)c1ccc(C(=O)Nc2c[nH]c(=O)[nH]c2=O)cc1. The zero-order chi connectivity index (χ0) is 15.4. The molecule has 0 saturated carbocycles. The van der Waals surface area contributed by atoms with E-state index in [1.807, 2.05) is 17.1 Å². The number of H-pyrrole nitrogens is 2. The molecule has 0 radical (unpaired) electrons. The van der Waals surface area contributed by atoms with Gasteiger partial charge in [-0.05, 0) is 30.0 Å². The second kappa shape index (κ2) is 6.21. The molecule has 2 aromatic rings. The third kappa shape index (κ3) is 3.47. The summed E-state index contributed by atoms with van der Waals surface area (Å²) < 4.78 is 0. The van der Waals surface area contributed by atoms with Gasteiger partial charge in [0, 0.05) is 11.8 Å². The van der Waals surface area contributed by atoms with Crippen molar-refractivity contribution < 1.29 is 4.79 Å². The Morgan fingerprint density at radius 1 is 1.24 bits per heavy atom. The Balaban J connectivity index is 2.17. The molecule has 2 rings (SSSR count). The normalized spacial score (nSPS) is 11.9. The van der Waals surface area contributed by atoms with Crippen molar-refractivity contribution in [3.05, 3.63) is 62.4 Å². The highest BCUT2D eigenvalue weighted by atomic mass is 16.2. The van der Waals surface area contributed by atoms with Gasteiger partial charge < -0.3 is 10.3 Å². The Hall–Kier alpha value is -2.63. The first-order valence-electron chi connectivity index (χ1n) is 6.74. The van der Waals surface area contributed by atoms with Gasteiger partial charge in [-0.3, -0.25) is 14.6 Å². The number of rotatable bonds is 4. The maximum atomic E-state index is 12.0. The van der Waals surface area contributed by atoms with Crippen LogP contribution in [0.15, 0.2) is 40.1 Å². The Morgan fingerprint density at radius 2 is 1.90 bits per heavy atom. The highest BCUT2D eigenvalue weighted by molar-refractivity contribution is 6.04. The van der Waals surface area contributed by atoms with Crippen molar-refractivity contribution in [2.75, 3.05) is 5.32 Å². The van der Waals surface area contributed by atoms with Gasteiger partial charge in [0.1, 0.15) is 5.69 Å². The van der Waals surface area contributed by atoms with Gasteiger partial charge in [-0.2, -0.15) is 0 Å². The predicted octanol–water partition coefficient (Wildman–Crippen LogP) is 1.83. The van der Waals surface area contributed by atoms with Crippen molar-refractivity contribution in [1.29, 1.82) is 0 Å². The van der Waals surface area contributed by atoms with E-state index in [1.54, 1.807) is 12.1 Å². The van der Waals surface area contributed by atoms with Gasteiger partial charge in [0.15, 0.2) is 0 Å². The van der Waals surface area contributed by atoms with Gasteiger partial charge in [-0.15, -0.1) is 0 Å². The van der Waals surface area contributed by atoms with Gasteiger partial charge in [0.25, 0.3) is 11.5 Å². The third-order valence-electron chi connectivity index (χ3n) is 3.42. The molecule has 1 amide bonds. The molecule has 110 valence electrons. The number of aromatic amines is 2. The number of benzene rings is 1. The van der Waals surface area contributed by atoms with Gasteiger partial charge in [-0.25, -0.2) is 4.79 Å². The molecule has 1 atom stereocenters. The first-order valence-corrected chi connectivity index (χ1v) is 6.74. The quantitative estimate of drug-likeness (QED) is 0.800. The fourth-order valence-corrected chi connectivity index (χ4v) is 1.90. The summed E-state index contributed by atoms with van der Waals surface area (Å²) in [6.45, 7) is 4.22. The van der Waals surface area contributed by atoms with Crippen LogP contribution in [0, 0.1) is 0 Å². The molecule has 1 heterocycles. The number of aromatic nitrogens is 2. The van der Waals surface area contributed by atoms with Crippen LogP contribution in [0.3, 0.4) is 0 Å². The zero-order valence-electron chi connectivity index (χ0n) is 11.9. The molecule has 6 nitrogen and oxygen atoms in total. The van der Waals surface area contributed by atoms with Crippen LogP contribution in [0.1, 0.15) is 42.1 Å². The number of anilines is 1. The molecule has 0 spiro atoms. The minimum atomic E-state index is -0.636. The Labute approximate surface area is 121 Å². The fraction of sp³-hybridized carbons (Fsp3) is 0.267. The summed E-state index contributed by atoms with van der Waals surface area (Å²) in [5.74, 6) is 0.0346. The summed E-state index contributed by atoms with van der Waals surface area (Å²) in [6, 6.07) is 7.24. The van der Waals surface area contributed by atoms with E-state index in [0.717, 1.165) is 12.0 Å². The van der Waals surface area contributed by atoms with Crippen molar-refractivity contribution in [2.45, 2.75) is 26.2 Å². The number of amides is 1. The molecule has 0 aliphatic heterocycles. The van der Waals surface area contributed by atoms with Crippen molar-refractivity contribution in [3.63, 3.8) is 0 Å². The van der Waals surface area contributed by atoms with Crippen LogP contribution in [0.25, 0.3) is 0 Å². The maximum Gasteiger partial charge on any atom is 0.325 e. The minimum absolute atomic E-state index is 0.00519. The van der Waals surface area contributed by atoms with Gasteiger partial charge >= 0.3 is 5.69 Å². The topological polar surface area (TPSA) is 94.8 Å². The molecular weight excluding hydrogens is 270 g/mol. The number of hydrogen-bond acceptors (Lipinski definition) is 3. The first-order chi connectivity index (χ1) is 10.0. The molecule has 0 fully saturated rings. The van der Waals surface area contributed by atoms with Crippen molar-refractivity contribution in [1.82, 2.24) is 9.97 Å². The van der Waals surface area contributed by atoms with Crippen LogP contribution in [-0.2, 0) is 0 Å². The predicted molar refractivity (Wildman–Crippen MR) is 80.8 cm³/mol. The lowest BCUT2D eigenvalue weighted by Gasteiger charge is -2.09. The highest BCUT2D eigenvalue weighted by Gasteiger charge is 2.10. The summed E-state index contributed by atoms with van der Waals surface area (Å²) in [5, 5.41) is 2.46. The average Bonchev–Trinajstić information content (AvgIpc) is 2.49. The standard InChI is InChI=1S/C15H17N3O3/c1-3-9(2)10-4-6-11(7-5-10)13(19)17-12-8-16-15(21)18-14(12)20/h4-9H,3H2,1-2H3,(H,17,19)(H2,16,18,20,21).